The van der Waals surface area contributed by atoms with Gasteiger partial charge in [-0.25, -0.2) is 4.39 Å². The monoisotopic (exact) mass is 344 g/mol. The van der Waals surface area contributed by atoms with E-state index in [-0.39, 0.29) is 42.2 Å². The predicted octanol–water partition coefficient (Wildman–Crippen LogP) is 1.89. The second kappa shape index (κ2) is 7.84. The van der Waals surface area contributed by atoms with Crippen LogP contribution in [-0.4, -0.2) is 38.3 Å². The smallest absolute Gasteiger partial charge is 0.223 e. The quantitative estimate of drug-likeness (QED) is 0.856. The van der Waals surface area contributed by atoms with E-state index < -0.39 is 0 Å². The molecule has 1 atom stereocenters. The first-order chi connectivity index (χ1) is 10.7. The van der Waals surface area contributed by atoms with Crippen LogP contribution in [0.15, 0.2) is 18.2 Å². The second-order valence-corrected chi connectivity index (χ2v) is 5.90. The number of ether oxygens (including phenoxy) is 2. The Hall–Kier alpha value is -1.53. The van der Waals surface area contributed by atoms with Gasteiger partial charge in [0, 0.05) is 24.6 Å². The van der Waals surface area contributed by atoms with E-state index in [4.69, 9.17) is 9.47 Å². The lowest BCUT2D eigenvalue weighted by atomic mass is 9.81. The SMILES string of the molecule is COc1ccc(F)cc1O[C@H]1C[C@H](C(=O)NC2CCNC2)C1.Cl. The molecular weight excluding hydrogens is 323 g/mol. The number of nitrogens with one attached hydrogen (secondary N) is 2. The normalized spacial score (nSPS) is 25.9. The number of benzene rings is 1. The number of carbonyl (C=O) groups is 1. The van der Waals surface area contributed by atoms with Gasteiger partial charge >= 0.3 is 0 Å². The van der Waals surface area contributed by atoms with E-state index in [9.17, 15) is 9.18 Å². The van der Waals surface area contributed by atoms with Crippen molar-refractivity contribution in [2.75, 3.05) is 20.2 Å². The lowest BCUT2D eigenvalue weighted by Gasteiger charge is -2.35. The molecule has 0 bridgehead atoms. The Labute approximate surface area is 141 Å². The number of rotatable bonds is 5. The van der Waals surface area contributed by atoms with Crippen molar-refractivity contribution in [1.29, 1.82) is 0 Å². The average Bonchev–Trinajstić information content (AvgIpc) is 2.95. The number of carbonyl (C=O) groups excluding carboxylic acids is 1. The van der Waals surface area contributed by atoms with Gasteiger partial charge in [-0.05, 0) is 37.9 Å². The van der Waals surface area contributed by atoms with Crippen molar-refractivity contribution in [2.45, 2.75) is 31.4 Å². The molecule has 1 saturated carbocycles. The van der Waals surface area contributed by atoms with E-state index in [0.717, 1.165) is 19.5 Å². The Bertz CT molecular complexity index is 546. The maximum absolute atomic E-state index is 13.3. The van der Waals surface area contributed by atoms with Crippen LogP contribution in [0.1, 0.15) is 19.3 Å². The molecule has 0 aromatic heterocycles. The summed E-state index contributed by atoms with van der Waals surface area (Å²) in [6.07, 6.45) is 2.24. The minimum Gasteiger partial charge on any atom is -0.493 e. The zero-order chi connectivity index (χ0) is 15.5. The summed E-state index contributed by atoms with van der Waals surface area (Å²) < 4.78 is 24.2. The molecule has 128 valence electrons. The van der Waals surface area contributed by atoms with E-state index in [0.29, 0.717) is 24.3 Å². The molecule has 2 fully saturated rings. The van der Waals surface area contributed by atoms with Crippen LogP contribution in [0.5, 0.6) is 11.5 Å². The second-order valence-electron chi connectivity index (χ2n) is 5.90. The van der Waals surface area contributed by atoms with Crippen molar-refractivity contribution >= 4 is 18.3 Å². The van der Waals surface area contributed by atoms with Gasteiger partial charge < -0.3 is 20.1 Å². The molecule has 23 heavy (non-hydrogen) atoms. The third-order valence-electron chi connectivity index (χ3n) is 4.29. The first kappa shape index (κ1) is 17.8. The Morgan fingerprint density at radius 1 is 1.35 bits per heavy atom. The third kappa shape index (κ3) is 4.26. The highest BCUT2D eigenvalue weighted by atomic mass is 35.5. The molecule has 2 aliphatic rings. The van der Waals surface area contributed by atoms with Crippen molar-refractivity contribution in [3.8, 4) is 11.5 Å². The minimum atomic E-state index is -0.363. The van der Waals surface area contributed by atoms with E-state index in [1.165, 1.54) is 19.2 Å². The summed E-state index contributed by atoms with van der Waals surface area (Å²) in [6.45, 7) is 1.81. The molecule has 1 unspecified atom stereocenters. The molecule has 5 nitrogen and oxygen atoms in total. The summed E-state index contributed by atoms with van der Waals surface area (Å²) in [5.41, 5.74) is 0. The van der Waals surface area contributed by atoms with Crippen LogP contribution >= 0.6 is 12.4 Å². The molecule has 0 spiro atoms. The highest BCUT2D eigenvalue weighted by Gasteiger charge is 2.37. The van der Waals surface area contributed by atoms with Crippen LogP contribution in [0.2, 0.25) is 0 Å². The molecule has 1 aliphatic carbocycles. The van der Waals surface area contributed by atoms with Gasteiger partial charge in [0.15, 0.2) is 11.5 Å². The van der Waals surface area contributed by atoms with Crippen LogP contribution in [-0.2, 0) is 4.79 Å². The predicted molar refractivity (Wildman–Crippen MR) is 86.8 cm³/mol. The Morgan fingerprint density at radius 2 is 2.13 bits per heavy atom. The maximum atomic E-state index is 13.3. The Kier molecular flexibility index (Phi) is 6.07. The van der Waals surface area contributed by atoms with E-state index in [2.05, 4.69) is 10.6 Å². The summed E-state index contributed by atoms with van der Waals surface area (Å²) >= 11 is 0. The van der Waals surface area contributed by atoms with Crippen molar-refractivity contribution in [3.05, 3.63) is 24.0 Å². The third-order valence-corrected chi connectivity index (χ3v) is 4.29. The van der Waals surface area contributed by atoms with Gasteiger partial charge in [0.25, 0.3) is 0 Å². The minimum absolute atomic E-state index is 0. The highest BCUT2D eigenvalue weighted by Crippen LogP contribution is 2.35. The number of amides is 1. The van der Waals surface area contributed by atoms with E-state index >= 15 is 0 Å². The fraction of sp³-hybridized carbons (Fsp3) is 0.562. The fourth-order valence-corrected chi connectivity index (χ4v) is 2.90. The molecule has 7 heteroatoms. The summed E-state index contributed by atoms with van der Waals surface area (Å²) in [4.78, 5) is 12.1. The summed E-state index contributed by atoms with van der Waals surface area (Å²) in [6, 6.07) is 4.44. The molecule has 1 amide bonds. The molecule has 1 heterocycles. The highest BCUT2D eigenvalue weighted by molar-refractivity contribution is 5.85. The lowest BCUT2D eigenvalue weighted by Crippen LogP contribution is -2.47. The summed E-state index contributed by atoms with van der Waals surface area (Å²) in [5.74, 6) is 0.626. The standard InChI is InChI=1S/C16H21FN2O3.ClH/c1-21-14-3-2-11(17)8-15(14)22-13-6-10(7-13)16(20)19-12-4-5-18-9-12;/h2-3,8,10,12-13,18H,4-7,9H2,1H3,(H,19,20);1H/t10-,12?,13-;. The molecule has 3 rings (SSSR count). The number of hydrogen-bond acceptors (Lipinski definition) is 4. The largest absolute Gasteiger partial charge is 0.493 e. The first-order valence-electron chi connectivity index (χ1n) is 7.67. The van der Waals surface area contributed by atoms with Gasteiger partial charge in [0.05, 0.1) is 7.11 Å². The van der Waals surface area contributed by atoms with Crippen LogP contribution < -0.4 is 20.1 Å². The zero-order valence-electron chi connectivity index (χ0n) is 13.0. The van der Waals surface area contributed by atoms with Gasteiger partial charge in [0.2, 0.25) is 5.91 Å². The summed E-state index contributed by atoms with van der Waals surface area (Å²) in [7, 11) is 1.52. The molecule has 2 N–H and O–H groups in total. The van der Waals surface area contributed by atoms with Gasteiger partial charge in [-0.3, -0.25) is 4.79 Å². The molecular formula is C16H22ClFN2O3. The van der Waals surface area contributed by atoms with Crippen molar-refractivity contribution in [1.82, 2.24) is 10.6 Å². The lowest BCUT2D eigenvalue weighted by molar-refractivity contribution is -0.131. The number of hydrogen-bond donors (Lipinski definition) is 2. The molecule has 1 aliphatic heterocycles. The zero-order valence-corrected chi connectivity index (χ0v) is 13.8. The van der Waals surface area contributed by atoms with Gasteiger partial charge in [-0.15, -0.1) is 12.4 Å². The Balaban J connectivity index is 0.00000192. The molecule has 0 radical (unpaired) electrons. The fourth-order valence-electron chi connectivity index (χ4n) is 2.90. The van der Waals surface area contributed by atoms with E-state index in [1.807, 2.05) is 0 Å². The van der Waals surface area contributed by atoms with Crippen molar-refractivity contribution in [2.24, 2.45) is 5.92 Å². The maximum Gasteiger partial charge on any atom is 0.223 e. The summed E-state index contributed by atoms with van der Waals surface area (Å²) in [5, 5.41) is 6.28. The average molecular weight is 345 g/mol. The molecule has 1 aromatic carbocycles. The van der Waals surface area contributed by atoms with Crippen LogP contribution in [0, 0.1) is 11.7 Å². The van der Waals surface area contributed by atoms with E-state index in [1.54, 1.807) is 6.07 Å². The van der Waals surface area contributed by atoms with Crippen LogP contribution in [0.4, 0.5) is 4.39 Å². The van der Waals surface area contributed by atoms with Gasteiger partial charge in [0.1, 0.15) is 11.9 Å². The topological polar surface area (TPSA) is 59.6 Å². The number of halogens is 2. The Morgan fingerprint density at radius 3 is 2.78 bits per heavy atom. The van der Waals surface area contributed by atoms with Crippen LogP contribution in [0.3, 0.4) is 0 Å². The van der Waals surface area contributed by atoms with Gasteiger partial charge in [-0.1, -0.05) is 0 Å². The van der Waals surface area contributed by atoms with Crippen LogP contribution in [0.25, 0.3) is 0 Å². The van der Waals surface area contributed by atoms with Crippen molar-refractivity contribution < 1.29 is 18.7 Å². The first-order valence-corrected chi connectivity index (χ1v) is 7.67. The van der Waals surface area contributed by atoms with Crippen molar-refractivity contribution in [3.63, 3.8) is 0 Å². The molecule has 1 aromatic rings. The molecule has 1 saturated heterocycles. The van der Waals surface area contributed by atoms with Gasteiger partial charge in [-0.2, -0.15) is 0 Å². The number of methoxy groups -OCH3 is 1.